The van der Waals surface area contributed by atoms with Crippen LogP contribution in [0.25, 0.3) is 22.6 Å². The number of benzene rings is 1. The molecular formula is C27H34N4O6S. The van der Waals surface area contributed by atoms with Crippen molar-refractivity contribution < 1.29 is 28.6 Å². The number of nitrogens with zero attached hydrogens (tertiary/aromatic N) is 3. The van der Waals surface area contributed by atoms with E-state index >= 15 is 0 Å². The fourth-order valence-corrected chi connectivity index (χ4v) is 5.64. The van der Waals surface area contributed by atoms with Crippen LogP contribution in [0.3, 0.4) is 0 Å². The molecule has 1 aliphatic heterocycles. The maximum absolute atomic E-state index is 13.1. The highest BCUT2D eigenvalue weighted by molar-refractivity contribution is 7.17. The molecule has 0 spiro atoms. The summed E-state index contributed by atoms with van der Waals surface area (Å²) in [4.78, 5) is 45.8. The lowest BCUT2D eigenvalue weighted by Crippen LogP contribution is -2.42. The number of aryl methyl sites for hydroxylation is 1. The Hall–Kier alpha value is -3.60. The number of fused-ring (bicyclic) bond motifs is 2. The SMILES string of the molecule is Cc1cccc2oc(-c3c(NC(=O)CCN(C(=O)OC(C)(C)C)C(C)C)sc4c3CCN(C(=O)O)C4)nc12. The molecule has 204 valence electrons. The summed E-state index contributed by atoms with van der Waals surface area (Å²) >= 11 is 1.33. The molecule has 4 rings (SSSR count). The topological polar surface area (TPSA) is 125 Å². The molecule has 3 aromatic rings. The number of para-hydroxylation sites is 1. The predicted molar refractivity (Wildman–Crippen MR) is 146 cm³/mol. The molecule has 0 bridgehead atoms. The van der Waals surface area contributed by atoms with E-state index in [1.54, 1.807) is 20.8 Å². The van der Waals surface area contributed by atoms with Crippen molar-refractivity contribution in [2.75, 3.05) is 18.4 Å². The molecule has 0 saturated heterocycles. The van der Waals surface area contributed by atoms with E-state index in [4.69, 9.17) is 14.1 Å². The molecule has 10 nitrogen and oxygen atoms in total. The lowest BCUT2D eigenvalue weighted by atomic mass is 10.0. The number of aromatic nitrogens is 1. The molecule has 38 heavy (non-hydrogen) atoms. The average molecular weight is 543 g/mol. The minimum Gasteiger partial charge on any atom is -0.465 e. The van der Waals surface area contributed by atoms with Crippen molar-refractivity contribution in [3.8, 4) is 11.5 Å². The molecule has 0 fully saturated rings. The van der Waals surface area contributed by atoms with E-state index in [-0.39, 0.29) is 31.5 Å². The summed E-state index contributed by atoms with van der Waals surface area (Å²) in [5.74, 6) is 0.116. The first-order chi connectivity index (χ1) is 17.8. The Kier molecular flexibility index (Phi) is 7.68. The number of thiophene rings is 1. The molecule has 11 heteroatoms. The largest absolute Gasteiger partial charge is 0.465 e. The number of nitrogens with one attached hydrogen (secondary N) is 1. The van der Waals surface area contributed by atoms with Gasteiger partial charge in [0.25, 0.3) is 0 Å². The minimum atomic E-state index is -0.982. The molecule has 2 aromatic heterocycles. The monoisotopic (exact) mass is 542 g/mol. The van der Waals surface area contributed by atoms with Crippen molar-refractivity contribution >= 4 is 45.5 Å². The van der Waals surface area contributed by atoms with Crippen LogP contribution in [0.4, 0.5) is 14.6 Å². The molecule has 0 radical (unpaired) electrons. The first kappa shape index (κ1) is 27.4. The third kappa shape index (κ3) is 5.93. The van der Waals surface area contributed by atoms with Crippen molar-refractivity contribution in [3.05, 3.63) is 34.2 Å². The quantitative estimate of drug-likeness (QED) is 0.399. The number of hydrogen-bond acceptors (Lipinski definition) is 7. The van der Waals surface area contributed by atoms with Gasteiger partial charge < -0.3 is 29.4 Å². The summed E-state index contributed by atoms with van der Waals surface area (Å²) in [6.07, 6.45) is -0.901. The zero-order valence-electron chi connectivity index (χ0n) is 22.6. The van der Waals surface area contributed by atoms with Crippen molar-refractivity contribution in [2.24, 2.45) is 0 Å². The van der Waals surface area contributed by atoms with Gasteiger partial charge in [0.15, 0.2) is 5.58 Å². The Morgan fingerprint density at radius 2 is 2.03 bits per heavy atom. The number of carboxylic acid groups (broad SMARTS) is 1. The zero-order chi connectivity index (χ0) is 27.8. The number of amides is 3. The Bertz CT molecular complexity index is 1370. The molecule has 3 amide bonds. The number of carbonyl (C=O) groups excluding carboxylic acids is 2. The van der Waals surface area contributed by atoms with Gasteiger partial charge in [0.1, 0.15) is 16.1 Å². The Morgan fingerprint density at radius 3 is 2.66 bits per heavy atom. The second kappa shape index (κ2) is 10.6. The summed E-state index contributed by atoms with van der Waals surface area (Å²) in [6, 6.07) is 5.55. The Balaban J connectivity index is 1.61. The van der Waals surface area contributed by atoms with Gasteiger partial charge in [-0.05, 0) is 65.2 Å². The molecule has 1 aliphatic rings. The number of hydrogen-bond donors (Lipinski definition) is 2. The number of anilines is 1. The van der Waals surface area contributed by atoms with Crippen molar-refractivity contribution in [3.63, 3.8) is 0 Å². The van der Waals surface area contributed by atoms with E-state index in [2.05, 4.69) is 5.32 Å². The van der Waals surface area contributed by atoms with E-state index < -0.39 is 17.8 Å². The number of carbonyl (C=O) groups is 3. The van der Waals surface area contributed by atoms with Gasteiger partial charge in [0.05, 0.1) is 12.1 Å². The van der Waals surface area contributed by atoms with Gasteiger partial charge >= 0.3 is 12.2 Å². The fraction of sp³-hybridized carbons (Fsp3) is 0.481. The van der Waals surface area contributed by atoms with E-state index in [9.17, 15) is 19.5 Å². The summed E-state index contributed by atoms with van der Waals surface area (Å²) < 4.78 is 11.6. The summed E-state index contributed by atoms with van der Waals surface area (Å²) in [7, 11) is 0. The third-order valence-electron chi connectivity index (χ3n) is 6.25. The molecule has 0 unspecified atom stereocenters. The fourth-order valence-electron chi connectivity index (χ4n) is 4.37. The summed E-state index contributed by atoms with van der Waals surface area (Å²) in [5, 5.41) is 13.0. The second-order valence-electron chi connectivity index (χ2n) is 10.7. The van der Waals surface area contributed by atoms with Crippen LogP contribution in [0.5, 0.6) is 0 Å². The van der Waals surface area contributed by atoms with Crippen LogP contribution >= 0.6 is 11.3 Å². The van der Waals surface area contributed by atoms with Crippen LogP contribution in [0.15, 0.2) is 22.6 Å². The smallest absolute Gasteiger partial charge is 0.410 e. The Labute approximate surface area is 225 Å². The van der Waals surface area contributed by atoms with Crippen LogP contribution < -0.4 is 5.32 Å². The van der Waals surface area contributed by atoms with Crippen LogP contribution in [-0.4, -0.2) is 62.7 Å². The van der Waals surface area contributed by atoms with Crippen LogP contribution in [0.2, 0.25) is 0 Å². The van der Waals surface area contributed by atoms with E-state index in [0.717, 1.165) is 21.5 Å². The van der Waals surface area contributed by atoms with Gasteiger partial charge in [-0.25, -0.2) is 14.6 Å². The van der Waals surface area contributed by atoms with E-state index in [1.807, 2.05) is 39.0 Å². The number of oxazole rings is 1. The molecule has 1 aromatic carbocycles. The maximum Gasteiger partial charge on any atom is 0.410 e. The highest BCUT2D eigenvalue weighted by Gasteiger charge is 2.31. The standard InChI is InChI=1S/C27H34N4O6S/c1-15(2)31(26(35)37-27(4,5)6)13-11-20(32)28-24-21(17-10-12-30(25(33)34)14-19(17)38-24)23-29-22-16(3)8-7-9-18(22)36-23/h7-9,15H,10-14H2,1-6H3,(H,28,32)(H,33,34). The molecular weight excluding hydrogens is 508 g/mol. The highest BCUT2D eigenvalue weighted by Crippen LogP contribution is 2.44. The molecule has 0 atom stereocenters. The second-order valence-corrected chi connectivity index (χ2v) is 11.8. The zero-order valence-corrected chi connectivity index (χ0v) is 23.4. The minimum absolute atomic E-state index is 0.0628. The van der Waals surface area contributed by atoms with Crippen molar-refractivity contribution in [1.29, 1.82) is 0 Å². The summed E-state index contributed by atoms with van der Waals surface area (Å²) in [5.41, 5.74) is 3.34. The van der Waals surface area contributed by atoms with Crippen LogP contribution in [0, 0.1) is 6.92 Å². The van der Waals surface area contributed by atoms with Gasteiger partial charge in [-0.15, -0.1) is 11.3 Å². The first-order valence-electron chi connectivity index (χ1n) is 12.6. The highest BCUT2D eigenvalue weighted by atomic mass is 32.1. The van der Waals surface area contributed by atoms with E-state index in [0.29, 0.717) is 35.0 Å². The van der Waals surface area contributed by atoms with Gasteiger partial charge in [-0.1, -0.05) is 12.1 Å². The van der Waals surface area contributed by atoms with Gasteiger partial charge in [-0.2, -0.15) is 0 Å². The Morgan fingerprint density at radius 1 is 1.29 bits per heavy atom. The predicted octanol–water partition coefficient (Wildman–Crippen LogP) is 5.87. The van der Waals surface area contributed by atoms with Crippen molar-refractivity contribution in [1.82, 2.24) is 14.8 Å². The van der Waals surface area contributed by atoms with Gasteiger partial charge in [-0.3, -0.25) is 4.79 Å². The summed E-state index contributed by atoms with van der Waals surface area (Å²) in [6.45, 7) is 11.9. The number of rotatable bonds is 6. The van der Waals surface area contributed by atoms with Crippen molar-refractivity contribution in [2.45, 2.75) is 72.6 Å². The molecule has 3 heterocycles. The van der Waals surface area contributed by atoms with E-state index in [1.165, 1.54) is 21.1 Å². The molecule has 2 N–H and O–H groups in total. The van der Waals surface area contributed by atoms with Crippen LogP contribution in [-0.2, 0) is 22.5 Å². The van der Waals surface area contributed by atoms with Gasteiger partial charge in [0, 0.05) is 30.4 Å². The lowest BCUT2D eigenvalue weighted by molar-refractivity contribution is -0.116. The average Bonchev–Trinajstić information content (AvgIpc) is 3.38. The molecule has 0 saturated carbocycles. The third-order valence-corrected chi connectivity index (χ3v) is 7.38. The first-order valence-corrected chi connectivity index (χ1v) is 13.4. The lowest BCUT2D eigenvalue weighted by Gasteiger charge is -2.29. The van der Waals surface area contributed by atoms with Gasteiger partial charge in [0.2, 0.25) is 11.8 Å². The normalized spacial score (nSPS) is 13.5. The van der Waals surface area contributed by atoms with Crippen LogP contribution in [0.1, 0.15) is 57.0 Å². The molecule has 0 aliphatic carbocycles. The maximum atomic E-state index is 13.1. The number of ether oxygens (including phenoxy) is 1.